The molecule has 1 aliphatic carbocycles. The number of anilines is 2. The van der Waals surface area contributed by atoms with Gasteiger partial charge in [-0.25, -0.2) is 4.98 Å². The van der Waals surface area contributed by atoms with Crippen molar-refractivity contribution in [2.45, 2.75) is 19.0 Å². The Morgan fingerprint density at radius 1 is 1.19 bits per heavy atom. The normalized spacial score (nSPS) is 14.2. The highest BCUT2D eigenvalue weighted by molar-refractivity contribution is 6.42. The van der Waals surface area contributed by atoms with Gasteiger partial charge in [0.1, 0.15) is 5.82 Å². The third-order valence-corrected chi connectivity index (χ3v) is 4.63. The van der Waals surface area contributed by atoms with E-state index in [0.29, 0.717) is 23.2 Å². The van der Waals surface area contributed by atoms with Crippen LogP contribution in [-0.4, -0.2) is 17.4 Å². The third kappa shape index (κ3) is 4.59. The van der Waals surface area contributed by atoms with Crippen molar-refractivity contribution < 1.29 is 18.0 Å². The Hall–Kier alpha value is -1.99. The van der Waals surface area contributed by atoms with Crippen molar-refractivity contribution in [1.29, 1.82) is 0 Å². The summed E-state index contributed by atoms with van der Waals surface area (Å²) in [5.41, 5.74) is -1.13. The van der Waals surface area contributed by atoms with E-state index in [-0.39, 0.29) is 10.8 Å². The lowest BCUT2D eigenvalue weighted by Gasteiger charge is -2.15. The van der Waals surface area contributed by atoms with Crippen molar-refractivity contribution in [3.05, 3.63) is 51.6 Å². The van der Waals surface area contributed by atoms with Crippen LogP contribution in [-0.2, 0) is 6.18 Å². The van der Waals surface area contributed by atoms with E-state index in [4.69, 9.17) is 23.2 Å². The quantitative estimate of drug-likeness (QED) is 0.712. The number of rotatable bonds is 5. The smallest absolute Gasteiger partial charge is 0.352 e. The summed E-state index contributed by atoms with van der Waals surface area (Å²) in [4.78, 5) is 16.0. The number of amides is 1. The molecule has 0 saturated heterocycles. The predicted octanol–water partition coefficient (Wildman–Crippen LogP) is 5.29. The summed E-state index contributed by atoms with van der Waals surface area (Å²) in [6.45, 7) is 0.374. The molecule has 138 valence electrons. The van der Waals surface area contributed by atoms with Crippen molar-refractivity contribution in [1.82, 2.24) is 10.3 Å². The molecule has 0 radical (unpaired) electrons. The molecule has 1 aromatic carbocycles. The van der Waals surface area contributed by atoms with E-state index in [0.717, 1.165) is 25.1 Å². The van der Waals surface area contributed by atoms with Crippen LogP contribution in [0.1, 0.15) is 28.8 Å². The summed E-state index contributed by atoms with van der Waals surface area (Å²) in [7, 11) is 0. The molecule has 1 aromatic heterocycles. The summed E-state index contributed by atoms with van der Waals surface area (Å²) in [6.07, 6.45) is -1.80. The maximum absolute atomic E-state index is 13.4. The SMILES string of the molecule is O=C(NCC1CC1)c1cnc(Nc2ccc(Cl)c(Cl)c2)cc1C(F)(F)F. The van der Waals surface area contributed by atoms with Gasteiger partial charge < -0.3 is 10.6 Å². The maximum Gasteiger partial charge on any atom is 0.417 e. The van der Waals surface area contributed by atoms with Crippen LogP contribution in [0.4, 0.5) is 24.7 Å². The van der Waals surface area contributed by atoms with Crippen LogP contribution in [0, 0.1) is 5.92 Å². The van der Waals surface area contributed by atoms with Crippen molar-refractivity contribution in [2.75, 3.05) is 11.9 Å². The van der Waals surface area contributed by atoms with Gasteiger partial charge in [0.15, 0.2) is 0 Å². The Morgan fingerprint density at radius 2 is 1.92 bits per heavy atom. The molecule has 0 bridgehead atoms. The van der Waals surface area contributed by atoms with Gasteiger partial charge in [0.2, 0.25) is 0 Å². The van der Waals surface area contributed by atoms with Crippen LogP contribution in [0.2, 0.25) is 10.0 Å². The minimum atomic E-state index is -4.69. The lowest BCUT2D eigenvalue weighted by Crippen LogP contribution is -2.28. The lowest BCUT2D eigenvalue weighted by atomic mass is 10.1. The molecule has 1 amide bonds. The summed E-state index contributed by atoms with van der Waals surface area (Å²) in [5, 5.41) is 5.83. The van der Waals surface area contributed by atoms with Gasteiger partial charge in [0, 0.05) is 18.4 Å². The second-order valence-electron chi connectivity index (χ2n) is 6.02. The van der Waals surface area contributed by atoms with Crippen LogP contribution >= 0.6 is 23.2 Å². The number of carbonyl (C=O) groups excluding carboxylic acids is 1. The molecular formula is C17H14Cl2F3N3O. The molecule has 4 nitrogen and oxygen atoms in total. The first-order valence-electron chi connectivity index (χ1n) is 7.81. The van der Waals surface area contributed by atoms with Crippen molar-refractivity contribution >= 4 is 40.6 Å². The average Bonchev–Trinajstić information content (AvgIpc) is 3.39. The number of aromatic nitrogens is 1. The minimum absolute atomic E-state index is 0.0607. The predicted molar refractivity (Wildman–Crippen MR) is 94.0 cm³/mol. The molecule has 26 heavy (non-hydrogen) atoms. The van der Waals surface area contributed by atoms with Gasteiger partial charge in [-0.2, -0.15) is 13.2 Å². The number of pyridine rings is 1. The summed E-state index contributed by atoms with van der Waals surface area (Å²) in [5.74, 6) is -0.482. The molecule has 1 heterocycles. The van der Waals surface area contributed by atoms with Crippen molar-refractivity contribution in [2.24, 2.45) is 5.92 Å². The van der Waals surface area contributed by atoms with Gasteiger partial charge in [0.05, 0.1) is 21.2 Å². The minimum Gasteiger partial charge on any atom is -0.352 e. The second-order valence-corrected chi connectivity index (χ2v) is 6.83. The van der Waals surface area contributed by atoms with E-state index in [2.05, 4.69) is 15.6 Å². The van der Waals surface area contributed by atoms with Gasteiger partial charge >= 0.3 is 6.18 Å². The van der Waals surface area contributed by atoms with Crippen LogP contribution < -0.4 is 10.6 Å². The van der Waals surface area contributed by atoms with Crippen LogP contribution in [0.25, 0.3) is 0 Å². The fraction of sp³-hybridized carbons (Fsp3) is 0.294. The van der Waals surface area contributed by atoms with E-state index < -0.39 is 23.2 Å². The highest BCUT2D eigenvalue weighted by Crippen LogP contribution is 2.34. The molecule has 1 aliphatic rings. The highest BCUT2D eigenvalue weighted by Gasteiger charge is 2.36. The first kappa shape index (κ1) is 18.8. The molecule has 1 fully saturated rings. The summed E-state index contributed by atoms with van der Waals surface area (Å²) < 4.78 is 40.1. The standard InChI is InChI=1S/C17H14Cl2F3N3O/c18-13-4-3-10(5-14(13)19)25-15-6-12(17(20,21)22)11(8-23-15)16(26)24-7-9-1-2-9/h3-6,8-9H,1-2,7H2,(H,23,25)(H,24,26). The number of halogens is 5. The molecule has 9 heteroatoms. The molecule has 0 spiro atoms. The largest absolute Gasteiger partial charge is 0.417 e. The number of hydrogen-bond donors (Lipinski definition) is 2. The van der Waals surface area contributed by atoms with Crippen LogP contribution in [0.5, 0.6) is 0 Å². The van der Waals surface area contributed by atoms with Gasteiger partial charge in [-0.15, -0.1) is 0 Å². The Kier molecular flexibility index (Phi) is 5.29. The fourth-order valence-electron chi connectivity index (χ4n) is 2.32. The molecule has 0 aliphatic heterocycles. The van der Waals surface area contributed by atoms with Crippen LogP contribution in [0.3, 0.4) is 0 Å². The number of carbonyl (C=O) groups is 1. The van der Waals surface area contributed by atoms with Crippen LogP contribution in [0.15, 0.2) is 30.5 Å². The molecule has 0 unspecified atom stereocenters. The zero-order valence-corrected chi connectivity index (χ0v) is 14.8. The Labute approximate surface area is 157 Å². The topological polar surface area (TPSA) is 54.0 Å². The average molecular weight is 404 g/mol. The highest BCUT2D eigenvalue weighted by atomic mass is 35.5. The Bertz CT molecular complexity index is 838. The van der Waals surface area contributed by atoms with Crippen molar-refractivity contribution in [3.8, 4) is 0 Å². The Balaban J connectivity index is 1.85. The molecule has 0 atom stereocenters. The van der Waals surface area contributed by atoms with E-state index in [1.165, 1.54) is 12.1 Å². The van der Waals surface area contributed by atoms with E-state index >= 15 is 0 Å². The van der Waals surface area contributed by atoms with Gasteiger partial charge in [-0.3, -0.25) is 4.79 Å². The summed E-state index contributed by atoms with van der Waals surface area (Å²) >= 11 is 11.7. The fourth-order valence-corrected chi connectivity index (χ4v) is 2.61. The third-order valence-electron chi connectivity index (χ3n) is 3.89. The first-order valence-corrected chi connectivity index (χ1v) is 8.57. The van der Waals surface area contributed by atoms with E-state index in [9.17, 15) is 18.0 Å². The zero-order valence-electron chi connectivity index (χ0n) is 13.3. The molecule has 1 saturated carbocycles. The number of nitrogens with one attached hydrogen (secondary N) is 2. The molecule has 2 N–H and O–H groups in total. The number of nitrogens with zero attached hydrogens (tertiary/aromatic N) is 1. The first-order chi connectivity index (χ1) is 12.2. The number of hydrogen-bond acceptors (Lipinski definition) is 3. The van der Waals surface area contributed by atoms with E-state index in [1.807, 2.05) is 0 Å². The van der Waals surface area contributed by atoms with Gasteiger partial charge in [0.25, 0.3) is 5.91 Å². The van der Waals surface area contributed by atoms with E-state index in [1.54, 1.807) is 6.07 Å². The number of benzene rings is 1. The van der Waals surface area contributed by atoms with Gasteiger partial charge in [-0.1, -0.05) is 23.2 Å². The van der Waals surface area contributed by atoms with Crippen molar-refractivity contribution in [3.63, 3.8) is 0 Å². The van der Waals surface area contributed by atoms with Gasteiger partial charge in [-0.05, 0) is 43.0 Å². The lowest BCUT2D eigenvalue weighted by molar-refractivity contribution is -0.137. The maximum atomic E-state index is 13.4. The molecular weight excluding hydrogens is 390 g/mol. The summed E-state index contributed by atoms with van der Waals surface area (Å²) in [6, 6.07) is 5.33. The molecule has 3 rings (SSSR count). The molecule has 2 aromatic rings. The second kappa shape index (κ2) is 7.32. The number of alkyl halides is 3. The monoisotopic (exact) mass is 403 g/mol. The zero-order chi connectivity index (χ0) is 18.9. The Morgan fingerprint density at radius 3 is 2.54 bits per heavy atom.